The fraction of sp³-hybridized carbons (Fsp3) is 0.517. The van der Waals surface area contributed by atoms with E-state index in [1.165, 1.54) is 46.0 Å². The van der Waals surface area contributed by atoms with Gasteiger partial charge in [0, 0.05) is 45.1 Å². The first-order chi connectivity index (χ1) is 19.5. The number of rotatable bonds is 13. The van der Waals surface area contributed by atoms with Crippen LogP contribution in [0.5, 0.6) is 0 Å². The molecule has 1 saturated heterocycles. The molecule has 2 fully saturated rings. The number of likely N-dealkylation sites (tertiary alicyclic amines) is 1. The van der Waals surface area contributed by atoms with Crippen LogP contribution >= 0.6 is 0 Å². The Bertz CT molecular complexity index is 1190. The molecule has 0 N–H and O–H groups in total. The Labute approximate surface area is 239 Å². The third kappa shape index (κ3) is 6.75. The Morgan fingerprint density at radius 2 is 1.85 bits per heavy atom. The number of hydrogen-bond donors (Lipinski definition) is 0. The minimum Gasteiger partial charge on any atom is -0.464 e. The molecule has 1 aromatic rings. The van der Waals surface area contributed by atoms with Gasteiger partial charge in [-0.3, -0.25) is 14.9 Å². The number of esters is 2. The average Bonchev–Trinajstić information content (AvgIpc) is 3.58. The van der Waals surface area contributed by atoms with Crippen molar-refractivity contribution in [2.45, 2.75) is 56.7 Å². The number of nitrogens with zero attached hydrogens (tertiary/aromatic N) is 4. The van der Waals surface area contributed by atoms with Crippen LogP contribution in [0.4, 0.5) is 10.5 Å². The summed E-state index contributed by atoms with van der Waals surface area (Å²) in [5.41, 5.74) is -1.27. The first-order valence-corrected chi connectivity index (χ1v) is 13.7. The van der Waals surface area contributed by atoms with Gasteiger partial charge in [0.25, 0.3) is 5.69 Å². The molecule has 4 atom stereocenters. The van der Waals surface area contributed by atoms with E-state index in [-0.39, 0.29) is 36.7 Å². The van der Waals surface area contributed by atoms with Crippen LogP contribution in [-0.2, 0) is 19.1 Å². The first-order valence-electron chi connectivity index (χ1n) is 13.7. The van der Waals surface area contributed by atoms with Crippen LogP contribution in [-0.4, -0.2) is 95.0 Å². The molecule has 3 rings (SSSR count). The summed E-state index contributed by atoms with van der Waals surface area (Å²) in [7, 11) is 3.16. The second-order valence-corrected chi connectivity index (χ2v) is 10.3. The molecule has 0 radical (unpaired) electrons. The number of nitro groups is 1. The van der Waals surface area contributed by atoms with Crippen LogP contribution in [0.15, 0.2) is 49.6 Å². The Morgan fingerprint density at radius 1 is 1.17 bits per heavy atom. The number of unbranched alkanes of at least 4 members (excludes halogenated alkanes) is 2. The zero-order chi connectivity index (χ0) is 30.3. The molecule has 1 aliphatic carbocycles. The van der Waals surface area contributed by atoms with Gasteiger partial charge in [-0.25, -0.2) is 14.4 Å². The molecule has 3 amide bonds. The third-order valence-electron chi connectivity index (χ3n) is 7.69. The maximum absolute atomic E-state index is 13.9. The standard InChI is InChI=1S/C29H38N4O8/c1-6-9-10-11-16-30(4)28(37)32-19-23(41-26(35)20-12-14-22(15-13-20)33(38)39)17-24(32)25(34)31(5)29(18-21(29)7-2)27(36)40-8-3/h6-7,12-15,21,23-24H,1-2,8-11,16-19H2,3-5H3/t21-,23+,24+,29-/m1/s1. The van der Waals surface area contributed by atoms with Crippen molar-refractivity contribution in [1.29, 1.82) is 0 Å². The zero-order valence-corrected chi connectivity index (χ0v) is 23.8. The van der Waals surface area contributed by atoms with E-state index in [0.717, 1.165) is 19.3 Å². The van der Waals surface area contributed by atoms with Gasteiger partial charge in [0.1, 0.15) is 17.7 Å². The van der Waals surface area contributed by atoms with Crippen molar-refractivity contribution in [2.24, 2.45) is 5.92 Å². The molecule has 0 unspecified atom stereocenters. The summed E-state index contributed by atoms with van der Waals surface area (Å²) in [6.45, 7) is 9.75. The molecule has 1 saturated carbocycles. The van der Waals surface area contributed by atoms with E-state index in [2.05, 4.69) is 13.2 Å². The largest absolute Gasteiger partial charge is 0.464 e. The van der Waals surface area contributed by atoms with E-state index >= 15 is 0 Å². The highest BCUT2D eigenvalue weighted by Crippen LogP contribution is 2.50. The number of benzene rings is 1. The predicted molar refractivity (Wildman–Crippen MR) is 150 cm³/mol. The van der Waals surface area contributed by atoms with Crippen molar-refractivity contribution in [3.05, 3.63) is 65.3 Å². The predicted octanol–water partition coefficient (Wildman–Crippen LogP) is 3.57. The number of non-ortho nitro benzene ring substituents is 1. The molecule has 12 heteroatoms. The first kappa shape index (κ1) is 31.3. The summed E-state index contributed by atoms with van der Waals surface area (Å²) < 4.78 is 10.9. The zero-order valence-electron chi connectivity index (χ0n) is 23.8. The maximum Gasteiger partial charge on any atom is 0.338 e. The van der Waals surface area contributed by atoms with E-state index in [1.807, 2.05) is 6.08 Å². The molecule has 1 heterocycles. The number of likely N-dealkylation sites (N-methyl/N-ethyl adjacent to an activating group) is 1. The van der Waals surface area contributed by atoms with Crippen molar-refractivity contribution in [2.75, 3.05) is 33.8 Å². The molecule has 0 aromatic heterocycles. The Hall–Kier alpha value is -4.22. The number of carbonyl (C=O) groups excluding carboxylic acids is 4. The summed E-state index contributed by atoms with van der Waals surface area (Å²) >= 11 is 0. The van der Waals surface area contributed by atoms with E-state index in [9.17, 15) is 29.3 Å². The summed E-state index contributed by atoms with van der Waals surface area (Å²) in [5, 5.41) is 10.9. The van der Waals surface area contributed by atoms with Crippen molar-refractivity contribution < 1.29 is 33.6 Å². The normalized spacial score (nSPS) is 22.8. The minimum absolute atomic E-state index is 0.0234. The Balaban J connectivity index is 1.81. The van der Waals surface area contributed by atoms with E-state index < -0.39 is 46.5 Å². The van der Waals surface area contributed by atoms with E-state index in [0.29, 0.717) is 13.0 Å². The summed E-state index contributed by atoms with van der Waals surface area (Å²) in [6.07, 6.45) is 5.41. The summed E-state index contributed by atoms with van der Waals surface area (Å²) in [5.74, 6) is -2.01. The summed E-state index contributed by atoms with van der Waals surface area (Å²) in [6, 6.07) is 3.59. The van der Waals surface area contributed by atoms with Gasteiger partial charge in [0.15, 0.2) is 0 Å². The highest BCUT2D eigenvalue weighted by Gasteiger charge is 2.65. The lowest BCUT2D eigenvalue weighted by Gasteiger charge is -2.34. The fourth-order valence-electron chi connectivity index (χ4n) is 5.21. The lowest BCUT2D eigenvalue weighted by atomic mass is 10.1. The molecule has 41 heavy (non-hydrogen) atoms. The number of ether oxygens (including phenoxy) is 2. The van der Waals surface area contributed by atoms with E-state index in [4.69, 9.17) is 9.47 Å². The van der Waals surface area contributed by atoms with Crippen molar-refractivity contribution in [1.82, 2.24) is 14.7 Å². The quantitative estimate of drug-likeness (QED) is 0.115. The maximum atomic E-state index is 13.9. The third-order valence-corrected chi connectivity index (χ3v) is 7.69. The number of amides is 3. The van der Waals surface area contributed by atoms with Crippen molar-refractivity contribution in [3.8, 4) is 0 Å². The van der Waals surface area contributed by atoms with E-state index in [1.54, 1.807) is 20.0 Å². The number of carbonyl (C=O) groups is 4. The number of hydrogen-bond acceptors (Lipinski definition) is 8. The van der Waals surface area contributed by atoms with Crippen LogP contribution in [0.3, 0.4) is 0 Å². The van der Waals surface area contributed by atoms with Crippen LogP contribution in [0.1, 0.15) is 49.4 Å². The van der Waals surface area contributed by atoms with Crippen molar-refractivity contribution >= 4 is 29.6 Å². The fourth-order valence-corrected chi connectivity index (χ4v) is 5.21. The van der Waals surface area contributed by atoms with Crippen LogP contribution in [0, 0.1) is 16.0 Å². The molecule has 2 aliphatic rings. The molecule has 0 bridgehead atoms. The topological polar surface area (TPSA) is 140 Å². The summed E-state index contributed by atoms with van der Waals surface area (Å²) in [4.78, 5) is 67.8. The molecule has 1 aromatic carbocycles. The average molecular weight is 571 g/mol. The number of urea groups is 1. The molecular formula is C29H38N4O8. The van der Waals surface area contributed by atoms with Gasteiger partial charge in [-0.1, -0.05) is 12.2 Å². The molecular weight excluding hydrogens is 532 g/mol. The van der Waals surface area contributed by atoms with Crippen LogP contribution in [0.2, 0.25) is 0 Å². The lowest BCUT2D eigenvalue weighted by Crippen LogP contribution is -2.55. The lowest BCUT2D eigenvalue weighted by molar-refractivity contribution is -0.384. The van der Waals surface area contributed by atoms with Gasteiger partial charge < -0.3 is 24.2 Å². The van der Waals surface area contributed by atoms with Crippen LogP contribution < -0.4 is 0 Å². The molecule has 1 aliphatic heterocycles. The highest BCUT2D eigenvalue weighted by molar-refractivity contribution is 5.95. The van der Waals surface area contributed by atoms with Gasteiger partial charge in [0.05, 0.1) is 23.6 Å². The van der Waals surface area contributed by atoms with Gasteiger partial charge in [-0.05, 0) is 44.7 Å². The molecule has 0 spiro atoms. The SMILES string of the molecule is C=CCCCCN(C)C(=O)N1C[C@@H](OC(=O)c2ccc([N+](=O)[O-])cc2)C[C@H]1C(=O)N(C)[C@]1(C(=O)OCC)C[C@H]1C=C. The Kier molecular flexibility index (Phi) is 10.3. The molecule has 222 valence electrons. The van der Waals surface area contributed by atoms with Gasteiger partial charge in [0.2, 0.25) is 5.91 Å². The van der Waals surface area contributed by atoms with Gasteiger partial charge >= 0.3 is 18.0 Å². The Morgan fingerprint density at radius 3 is 2.41 bits per heavy atom. The number of nitro benzene ring substituents is 1. The van der Waals surface area contributed by atoms with Gasteiger partial charge in [-0.2, -0.15) is 0 Å². The minimum atomic E-state index is -1.20. The van der Waals surface area contributed by atoms with Crippen LogP contribution in [0.25, 0.3) is 0 Å². The second kappa shape index (κ2) is 13.4. The second-order valence-electron chi connectivity index (χ2n) is 10.3. The number of allylic oxidation sites excluding steroid dienone is 1. The van der Waals surface area contributed by atoms with Crippen molar-refractivity contribution in [3.63, 3.8) is 0 Å². The highest BCUT2D eigenvalue weighted by atomic mass is 16.6. The smallest absolute Gasteiger partial charge is 0.338 e. The molecule has 12 nitrogen and oxygen atoms in total. The monoisotopic (exact) mass is 570 g/mol. The van der Waals surface area contributed by atoms with Gasteiger partial charge in [-0.15, -0.1) is 13.2 Å².